The average molecular weight is 230 g/mol. The second-order valence-corrected chi connectivity index (χ2v) is 4.54. The first kappa shape index (κ1) is 11.9. The van der Waals surface area contributed by atoms with Gasteiger partial charge in [0.05, 0.1) is 12.2 Å². The molecule has 0 heterocycles. The van der Waals surface area contributed by atoms with Gasteiger partial charge in [0.25, 0.3) is 0 Å². The first-order valence-electron chi connectivity index (χ1n) is 5.96. The summed E-state index contributed by atoms with van der Waals surface area (Å²) in [5.41, 5.74) is 0.941. The molecule has 0 aliphatic heterocycles. The third kappa shape index (κ3) is 2.42. The van der Waals surface area contributed by atoms with Crippen LogP contribution in [0.5, 0.6) is 5.75 Å². The normalized spacial score (nSPS) is 13.0. The lowest BCUT2D eigenvalue weighted by Gasteiger charge is -2.15. The Morgan fingerprint density at radius 2 is 1.59 bits per heavy atom. The monoisotopic (exact) mass is 230 g/mol. The van der Waals surface area contributed by atoms with Crippen molar-refractivity contribution in [2.24, 2.45) is 0 Å². The van der Waals surface area contributed by atoms with E-state index in [1.54, 1.807) is 6.92 Å². The number of aliphatic hydroxyl groups excluding tert-OH is 1. The topological polar surface area (TPSA) is 29.5 Å². The van der Waals surface area contributed by atoms with Crippen LogP contribution >= 0.6 is 0 Å². The third-order valence-corrected chi connectivity index (χ3v) is 2.73. The molecule has 0 saturated carbocycles. The van der Waals surface area contributed by atoms with Gasteiger partial charge >= 0.3 is 0 Å². The summed E-state index contributed by atoms with van der Waals surface area (Å²) < 4.78 is 5.78. The number of benzene rings is 2. The zero-order valence-electron chi connectivity index (χ0n) is 10.5. The first-order valence-corrected chi connectivity index (χ1v) is 5.96. The van der Waals surface area contributed by atoms with E-state index in [2.05, 4.69) is 0 Å². The lowest BCUT2D eigenvalue weighted by atomic mass is 10.0. The van der Waals surface area contributed by atoms with E-state index in [0.29, 0.717) is 0 Å². The van der Waals surface area contributed by atoms with Crippen LogP contribution in [0, 0.1) is 0 Å². The van der Waals surface area contributed by atoms with E-state index < -0.39 is 6.10 Å². The summed E-state index contributed by atoms with van der Waals surface area (Å²) in [6.07, 6.45) is -0.316. The predicted octanol–water partition coefficient (Wildman–Crippen LogP) is 3.68. The van der Waals surface area contributed by atoms with Crippen LogP contribution < -0.4 is 4.74 Å². The summed E-state index contributed by atoms with van der Waals surface area (Å²) in [7, 11) is 0. The highest BCUT2D eigenvalue weighted by molar-refractivity contribution is 5.91. The lowest BCUT2D eigenvalue weighted by Crippen LogP contribution is -2.06. The van der Waals surface area contributed by atoms with Gasteiger partial charge in [-0.2, -0.15) is 0 Å². The molecule has 1 atom stereocenters. The molecule has 1 N–H and O–H groups in total. The van der Waals surface area contributed by atoms with Crippen molar-refractivity contribution in [3.05, 3.63) is 42.0 Å². The van der Waals surface area contributed by atoms with Crippen molar-refractivity contribution in [2.75, 3.05) is 0 Å². The van der Waals surface area contributed by atoms with E-state index in [4.69, 9.17) is 4.74 Å². The number of fused-ring (bicyclic) bond motifs is 1. The number of hydrogen-bond acceptors (Lipinski definition) is 2. The summed E-state index contributed by atoms with van der Waals surface area (Å²) in [6.45, 7) is 5.81. The second kappa shape index (κ2) is 4.76. The maximum Gasteiger partial charge on any atom is 0.127 e. The van der Waals surface area contributed by atoms with Crippen molar-refractivity contribution in [1.82, 2.24) is 0 Å². The first-order chi connectivity index (χ1) is 8.09. The summed E-state index contributed by atoms with van der Waals surface area (Å²) in [5.74, 6) is 0.875. The smallest absolute Gasteiger partial charge is 0.127 e. The Hall–Kier alpha value is -1.54. The SMILES string of the molecule is CC(C)Oc1ccc(C(C)O)c2ccccc12. The Kier molecular flexibility index (Phi) is 3.34. The molecular weight excluding hydrogens is 212 g/mol. The van der Waals surface area contributed by atoms with E-state index in [9.17, 15) is 5.11 Å². The number of rotatable bonds is 3. The molecular formula is C15H18O2. The van der Waals surface area contributed by atoms with Gasteiger partial charge in [-0.15, -0.1) is 0 Å². The van der Waals surface area contributed by atoms with Crippen molar-refractivity contribution in [3.8, 4) is 5.75 Å². The number of aliphatic hydroxyl groups is 1. The second-order valence-electron chi connectivity index (χ2n) is 4.54. The third-order valence-electron chi connectivity index (χ3n) is 2.73. The molecule has 0 aliphatic carbocycles. The van der Waals surface area contributed by atoms with Crippen LogP contribution in [0.2, 0.25) is 0 Å². The Bertz CT molecular complexity index is 515. The number of ether oxygens (including phenoxy) is 1. The molecule has 90 valence electrons. The van der Waals surface area contributed by atoms with Crippen LogP contribution in [0.1, 0.15) is 32.4 Å². The minimum Gasteiger partial charge on any atom is -0.490 e. The van der Waals surface area contributed by atoms with Crippen LogP contribution in [-0.2, 0) is 0 Å². The van der Waals surface area contributed by atoms with Crippen molar-refractivity contribution >= 4 is 10.8 Å². The number of hydrogen-bond donors (Lipinski definition) is 1. The minimum atomic E-state index is -0.465. The zero-order chi connectivity index (χ0) is 12.4. The quantitative estimate of drug-likeness (QED) is 0.871. The van der Waals surface area contributed by atoms with Gasteiger partial charge in [0.2, 0.25) is 0 Å². The minimum absolute atomic E-state index is 0.149. The van der Waals surface area contributed by atoms with Crippen LogP contribution in [0.4, 0.5) is 0 Å². The molecule has 2 aromatic rings. The molecule has 0 radical (unpaired) electrons. The van der Waals surface area contributed by atoms with Crippen LogP contribution in [0.25, 0.3) is 10.8 Å². The van der Waals surface area contributed by atoms with Gasteiger partial charge < -0.3 is 9.84 Å². The van der Waals surface area contributed by atoms with E-state index >= 15 is 0 Å². The Morgan fingerprint density at radius 3 is 2.18 bits per heavy atom. The van der Waals surface area contributed by atoms with E-state index in [0.717, 1.165) is 22.1 Å². The highest BCUT2D eigenvalue weighted by Crippen LogP contribution is 2.31. The van der Waals surface area contributed by atoms with Gasteiger partial charge in [0.1, 0.15) is 5.75 Å². The van der Waals surface area contributed by atoms with Gasteiger partial charge in [-0.1, -0.05) is 30.3 Å². The molecule has 0 aromatic heterocycles. The summed E-state index contributed by atoms with van der Waals surface area (Å²) in [6, 6.07) is 11.9. The Morgan fingerprint density at radius 1 is 0.941 bits per heavy atom. The van der Waals surface area contributed by atoms with Gasteiger partial charge in [-0.3, -0.25) is 0 Å². The molecule has 0 spiro atoms. The van der Waals surface area contributed by atoms with Crippen LogP contribution in [0.15, 0.2) is 36.4 Å². The van der Waals surface area contributed by atoms with E-state index in [1.807, 2.05) is 50.2 Å². The molecule has 2 aromatic carbocycles. The van der Waals surface area contributed by atoms with E-state index in [-0.39, 0.29) is 6.10 Å². The highest BCUT2D eigenvalue weighted by Gasteiger charge is 2.10. The van der Waals surface area contributed by atoms with Crippen molar-refractivity contribution in [1.29, 1.82) is 0 Å². The van der Waals surface area contributed by atoms with Crippen LogP contribution in [0.3, 0.4) is 0 Å². The van der Waals surface area contributed by atoms with Crippen molar-refractivity contribution in [2.45, 2.75) is 33.0 Å². The molecule has 17 heavy (non-hydrogen) atoms. The van der Waals surface area contributed by atoms with Crippen molar-refractivity contribution in [3.63, 3.8) is 0 Å². The lowest BCUT2D eigenvalue weighted by molar-refractivity contribution is 0.200. The van der Waals surface area contributed by atoms with Gasteiger partial charge in [0.15, 0.2) is 0 Å². The fraction of sp³-hybridized carbons (Fsp3) is 0.333. The molecule has 0 bridgehead atoms. The Balaban J connectivity index is 2.62. The maximum atomic E-state index is 9.75. The maximum absolute atomic E-state index is 9.75. The molecule has 0 fully saturated rings. The summed E-state index contributed by atoms with van der Waals surface area (Å²) in [4.78, 5) is 0. The fourth-order valence-electron chi connectivity index (χ4n) is 2.02. The molecule has 2 nitrogen and oxygen atoms in total. The zero-order valence-corrected chi connectivity index (χ0v) is 10.5. The summed E-state index contributed by atoms with van der Waals surface area (Å²) in [5, 5.41) is 11.9. The molecule has 0 aliphatic rings. The van der Waals surface area contributed by atoms with Crippen LogP contribution in [-0.4, -0.2) is 11.2 Å². The molecule has 2 heteroatoms. The summed E-state index contributed by atoms with van der Waals surface area (Å²) >= 11 is 0. The molecule has 0 saturated heterocycles. The fourth-order valence-corrected chi connectivity index (χ4v) is 2.02. The molecule has 1 unspecified atom stereocenters. The highest BCUT2D eigenvalue weighted by atomic mass is 16.5. The van der Waals surface area contributed by atoms with Crippen molar-refractivity contribution < 1.29 is 9.84 Å². The van der Waals surface area contributed by atoms with Gasteiger partial charge in [0, 0.05) is 5.39 Å². The largest absolute Gasteiger partial charge is 0.490 e. The predicted molar refractivity (Wildman–Crippen MR) is 70.3 cm³/mol. The van der Waals surface area contributed by atoms with Gasteiger partial charge in [-0.05, 0) is 37.8 Å². The Labute approximate surface area is 102 Å². The molecule has 2 rings (SSSR count). The molecule has 0 amide bonds. The van der Waals surface area contributed by atoms with E-state index in [1.165, 1.54) is 0 Å². The van der Waals surface area contributed by atoms with Gasteiger partial charge in [-0.25, -0.2) is 0 Å². The standard InChI is InChI=1S/C15H18O2/c1-10(2)17-15-9-8-12(11(3)16)13-6-4-5-7-14(13)15/h4-11,16H,1-3H3. The average Bonchev–Trinajstić information content (AvgIpc) is 2.28.